The first-order valence-electron chi connectivity index (χ1n) is 4.83. The van der Waals surface area contributed by atoms with Gasteiger partial charge in [-0.3, -0.25) is 5.84 Å². The molecule has 0 spiro atoms. The van der Waals surface area contributed by atoms with Crippen molar-refractivity contribution in [2.75, 3.05) is 26.7 Å². The summed E-state index contributed by atoms with van der Waals surface area (Å²) in [6.45, 7) is 2.58. The van der Waals surface area contributed by atoms with Crippen LogP contribution in [0.1, 0.15) is 19.3 Å². The van der Waals surface area contributed by atoms with Gasteiger partial charge in [0.25, 0.3) is 0 Å². The smallest absolute Gasteiger partial charge is 0.126 e. The monoisotopic (exact) mass is 185 g/mol. The van der Waals surface area contributed by atoms with Gasteiger partial charge in [0.2, 0.25) is 0 Å². The average Bonchev–Trinajstić information content (AvgIpc) is 2.18. The van der Waals surface area contributed by atoms with Gasteiger partial charge in [0.05, 0.1) is 0 Å². The highest BCUT2D eigenvalue weighted by molar-refractivity contribution is 5.59. The van der Waals surface area contributed by atoms with E-state index in [0.717, 1.165) is 45.2 Å². The molecule has 0 bridgehead atoms. The van der Waals surface area contributed by atoms with Crippen molar-refractivity contribution >= 4 is 6.29 Å². The highest BCUT2D eigenvalue weighted by Gasteiger charge is 2.32. The Morgan fingerprint density at radius 2 is 2.15 bits per heavy atom. The van der Waals surface area contributed by atoms with E-state index in [4.69, 9.17) is 5.84 Å². The number of carbonyl (C=O) groups is 1. The zero-order valence-corrected chi connectivity index (χ0v) is 8.25. The van der Waals surface area contributed by atoms with Gasteiger partial charge in [0, 0.05) is 18.5 Å². The van der Waals surface area contributed by atoms with Gasteiger partial charge in [-0.2, -0.15) is 0 Å². The van der Waals surface area contributed by atoms with E-state index in [1.807, 2.05) is 7.05 Å². The van der Waals surface area contributed by atoms with Crippen molar-refractivity contribution < 1.29 is 4.79 Å². The zero-order chi connectivity index (χ0) is 9.73. The number of hydrazine groups is 1. The highest BCUT2D eigenvalue weighted by Crippen LogP contribution is 2.31. The van der Waals surface area contributed by atoms with Crippen LogP contribution in [0, 0.1) is 5.41 Å². The average molecular weight is 185 g/mol. The van der Waals surface area contributed by atoms with Gasteiger partial charge < -0.3 is 10.1 Å². The number of nitrogens with zero attached hydrogens (tertiary/aromatic N) is 1. The fourth-order valence-corrected chi connectivity index (χ4v) is 1.77. The van der Waals surface area contributed by atoms with Gasteiger partial charge in [-0.15, -0.1) is 0 Å². The molecule has 0 aromatic carbocycles. The lowest BCUT2D eigenvalue weighted by Gasteiger charge is -2.36. The molecule has 0 atom stereocenters. The molecule has 0 aromatic rings. The number of hydrogen-bond acceptors (Lipinski definition) is 4. The third-order valence-electron chi connectivity index (χ3n) is 2.92. The topological polar surface area (TPSA) is 58.4 Å². The van der Waals surface area contributed by atoms with Crippen LogP contribution in [0.5, 0.6) is 0 Å². The van der Waals surface area contributed by atoms with Crippen LogP contribution in [-0.2, 0) is 4.79 Å². The van der Waals surface area contributed by atoms with Crippen molar-refractivity contribution in [1.29, 1.82) is 0 Å². The number of carbonyl (C=O) groups excluding carboxylic acids is 1. The highest BCUT2D eigenvalue weighted by atomic mass is 16.1. The van der Waals surface area contributed by atoms with Crippen molar-refractivity contribution in [1.82, 2.24) is 10.3 Å². The molecule has 1 aliphatic rings. The quantitative estimate of drug-likeness (QED) is 0.468. The summed E-state index contributed by atoms with van der Waals surface area (Å²) in [5.74, 6) is 5.64. The molecule has 3 N–H and O–H groups in total. The molecule has 13 heavy (non-hydrogen) atoms. The molecule has 1 rings (SSSR count). The number of nitrogens with two attached hydrogens (primary N) is 1. The van der Waals surface area contributed by atoms with Gasteiger partial charge in [0.1, 0.15) is 6.29 Å². The molecule has 1 heterocycles. The lowest BCUT2D eigenvalue weighted by atomic mass is 9.77. The van der Waals surface area contributed by atoms with Gasteiger partial charge in [-0.25, -0.2) is 5.01 Å². The minimum absolute atomic E-state index is 0.112. The van der Waals surface area contributed by atoms with Crippen molar-refractivity contribution in [3.8, 4) is 0 Å². The molecule has 1 saturated heterocycles. The molecule has 0 aliphatic carbocycles. The van der Waals surface area contributed by atoms with Crippen LogP contribution >= 0.6 is 0 Å². The van der Waals surface area contributed by atoms with Crippen molar-refractivity contribution in [3.63, 3.8) is 0 Å². The molecular formula is C9H19N3O. The molecule has 0 unspecified atom stereocenters. The molecule has 0 aromatic heterocycles. The standard InChI is InChI=1S/C9H19N3O/c1-11-5-2-9(8-13)3-6-12(10)7-4-9/h8,11H,2-7,10H2,1H3. The minimum atomic E-state index is -0.112. The summed E-state index contributed by atoms with van der Waals surface area (Å²) in [4.78, 5) is 11.0. The van der Waals surface area contributed by atoms with Gasteiger partial charge in [-0.1, -0.05) is 0 Å². The van der Waals surface area contributed by atoms with E-state index in [2.05, 4.69) is 5.32 Å². The lowest BCUT2D eigenvalue weighted by molar-refractivity contribution is -0.119. The fourth-order valence-electron chi connectivity index (χ4n) is 1.77. The van der Waals surface area contributed by atoms with Crippen LogP contribution in [0.4, 0.5) is 0 Å². The Kier molecular flexibility index (Phi) is 3.84. The van der Waals surface area contributed by atoms with Crippen LogP contribution in [0.15, 0.2) is 0 Å². The van der Waals surface area contributed by atoms with Crippen LogP contribution in [0.2, 0.25) is 0 Å². The predicted molar refractivity (Wildman–Crippen MR) is 52.0 cm³/mol. The SMILES string of the molecule is CNCCC1(C=O)CCN(N)CC1. The van der Waals surface area contributed by atoms with Crippen molar-refractivity contribution in [3.05, 3.63) is 0 Å². The third kappa shape index (κ3) is 2.76. The van der Waals surface area contributed by atoms with E-state index in [1.54, 1.807) is 5.01 Å². The molecule has 0 radical (unpaired) electrons. The van der Waals surface area contributed by atoms with E-state index >= 15 is 0 Å². The molecule has 76 valence electrons. The Labute approximate surface area is 79.4 Å². The lowest BCUT2D eigenvalue weighted by Crippen LogP contribution is -2.45. The molecule has 4 nitrogen and oxygen atoms in total. The Hall–Kier alpha value is -0.450. The second kappa shape index (κ2) is 4.69. The maximum atomic E-state index is 11.0. The van der Waals surface area contributed by atoms with Crippen molar-refractivity contribution in [2.24, 2.45) is 11.3 Å². The second-order valence-electron chi connectivity index (χ2n) is 3.87. The van der Waals surface area contributed by atoms with E-state index < -0.39 is 0 Å². The van der Waals surface area contributed by atoms with Crippen LogP contribution in [0.25, 0.3) is 0 Å². The number of hydrogen-bond donors (Lipinski definition) is 2. The van der Waals surface area contributed by atoms with Gasteiger partial charge in [0.15, 0.2) is 0 Å². The molecule has 4 heteroatoms. The van der Waals surface area contributed by atoms with E-state index in [9.17, 15) is 4.79 Å². The molecular weight excluding hydrogens is 166 g/mol. The Morgan fingerprint density at radius 1 is 1.54 bits per heavy atom. The number of rotatable bonds is 4. The number of nitrogens with one attached hydrogen (secondary N) is 1. The third-order valence-corrected chi connectivity index (χ3v) is 2.92. The maximum Gasteiger partial charge on any atom is 0.126 e. The zero-order valence-electron chi connectivity index (χ0n) is 8.25. The Bertz CT molecular complexity index is 159. The van der Waals surface area contributed by atoms with Crippen molar-refractivity contribution in [2.45, 2.75) is 19.3 Å². The van der Waals surface area contributed by atoms with Crippen LogP contribution in [-0.4, -0.2) is 38.0 Å². The molecule has 0 saturated carbocycles. The summed E-state index contributed by atoms with van der Waals surface area (Å²) in [6, 6.07) is 0. The van der Waals surface area contributed by atoms with E-state index in [1.165, 1.54) is 0 Å². The second-order valence-corrected chi connectivity index (χ2v) is 3.87. The summed E-state index contributed by atoms with van der Waals surface area (Å²) >= 11 is 0. The van der Waals surface area contributed by atoms with Crippen LogP contribution in [0.3, 0.4) is 0 Å². The summed E-state index contributed by atoms with van der Waals surface area (Å²) in [7, 11) is 1.91. The van der Waals surface area contributed by atoms with Gasteiger partial charge >= 0.3 is 0 Å². The van der Waals surface area contributed by atoms with Crippen LogP contribution < -0.4 is 11.2 Å². The number of piperidine rings is 1. The Morgan fingerprint density at radius 3 is 2.62 bits per heavy atom. The van der Waals surface area contributed by atoms with Gasteiger partial charge in [-0.05, 0) is 32.9 Å². The Balaban J connectivity index is 2.45. The van der Waals surface area contributed by atoms with E-state index in [-0.39, 0.29) is 5.41 Å². The number of aldehydes is 1. The first-order chi connectivity index (χ1) is 6.22. The molecule has 1 fully saturated rings. The first-order valence-corrected chi connectivity index (χ1v) is 4.83. The summed E-state index contributed by atoms with van der Waals surface area (Å²) in [6.07, 6.45) is 3.85. The molecule has 0 amide bonds. The minimum Gasteiger partial charge on any atom is -0.320 e. The summed E-state index contributed by atoms with van der Waals surface area (Å²) < 4.78 is 0. The molecule has 1 aliphatic heterocycles. The summed E-state index contributed by atoms with van der Waals surface area (Å²) in [5.41, 5.74) is -0.112. The maximum absolute atomic E-state index is 11.0. The summed E-state index contributed by atoms with van der Waals surface area (Å²) in [5, 5.41) is 4.87. The normalized spacial score (nSPS) is 22.9. The van der Waals surface area contributed by atoms with E-state index in [0.29, 0.717) is 0 Å². The largest absolute Gasteiger partial charge is 0.320 e. The fraction of sp³-hybridized carbons (Fsp3) is 0.889. The first kappa shape index (κ1) is 10.6. The predicted octanol–water partition coefficient (Wildman–Crippen LogP) is -0.249.